The summed E-state index contributed by atoms with van der Waals surface area (Å²) in [6.45, 7) is 5.58. The van der Waals surface area contributed by atoms with Crippen molar-refractivity contribution in [1.82, 2.24) is 24.8 Å². The average molecular weight is 874 g/mol. The molecule has 3 aromatic heterocycles. The molecule has 2 aliphatic rings. The number of ether oxygens (including phenoxy) is 6. The first-order valence-electron chi connectivity index (χ1n) is 20.7. The van der Waals surface area contributed by atoms with E-state index >= 15 is 0 Å². The molecule has 0 bridgehead atoms. The summed E-state index contributed by atoms with van der Waals surface area (Å²) in [6, 6.07) is 34.4. The van der Waals surface area contributed by atoms with E-state index in [4.69, 9.17) is 45.1 Å². The zero-order chi connectivity index (χ0) is 43.8. The van der Waals surface area contributed by atoms with Crippen LogP contribution in [0.5, 0.6) is 52.1 Å². The highest BCUT2D eigenvalue weighted by Crippen LogP contribution is 2.28. The molecule has 2 aliphatic heterocycles. The Balaban J connectivity index is 0.000000206. The van der Waals surface area contributed by atoms with Crippen LogP contribution < -0.4 is 28.4 Å². The number of likely N-dealkylation sites (tertiary alicyclic amines) is 2. The number of nitrogens with zero attached hydrogens (tertiary/aromatic N) is 5. The van der Waals surface area contributed by atoms with Crippen molar-refractivity contribution in [2.24, 2.45) is 11.8 Å². The van der Waals surface area contributed by atoms with Crippen molar-refractivity contribution in [2.75, 3.05) is 39.4 Å². The highest BCUT2D eigenvalue weighted by molar-refractivity contribution is 6.30. The zero-order valence-electron chi connectivity index (χ0n) is 34.8. The van der Waals surface area contributed by atoms with Gasteiger partial charge in [0.15, 0.2) is 0 Å². The van der Waals surface area contributed by atoms with Gasteiger partial charge in [0.2, 0.25) is 17.6 Å². The second-order valence-corrected chi connectivity index (χ2v) is 15.4. The lowest BCUT2D eigenvalue weighted by Gasteiger charge is -2.31. The average Bonchev–Trinajstić information content (AvgIpc) is 3.31. The van der Waals surface area contributed by atoms with Gasteiger partial charge in [-0.1, -0.05) is 23.7 Å². The molecule has 0 saturated carbocycles. The smallest absolute Gasteiger partial charge is 0.415 e. The van der Waals surface area contributed by atoms with E-state index in [-0.39, 0.29) is 6.09 Å². The number of piperidine rings is 2. The molecule has 8 rings (SSSR count). The van der Waals surface area contributed by atoms with Crippen LogP contribution in [-0.2, 0) is 0 Å². The van der Waals surface area contributed by atoms with Gasteiger partial charge in [-0.2, -0.15) is 0 Å². The highest BCUT2D eigenvalue weighted by atomic mass is 35.5. The van der Waals surface area contributed by atoms with Crippen LogP contribution in [0, 0.1) is 18.8 Å². The maximum Gasteiger partial charge on any atom is 0.415 e. The van der Waals surface area contributed by atoms with Gasteiger partial charge in [0.25, 0.3) is 0 Å². The lowest BCUT2D eigenvalue weighted by Crippen LogP contribution is -2.41. The molecule has 326 valence electrons. The van der Waals surface area contributed by atoms with Crippen LogP contribution in [0.25, 0.3) is 0 Å². The first-order chi connectivity index (χ1) is 30.7. The number of rotatable bonds is 13. The Bertz CT molecular complexity index is 2320. The van der Waals surface area contributed by atoms with Gasteiger partial charge in [0.1, 0.15) is 34.5 Å². The van der Waals surface area contributed by atoms with Crippen molar-refractivity contribution in [3.8, 4) is 52.1 Å². The van der Waals surface area contributed by atoms with Gasteiger partial charge in [-0.3, -0.25) is 0 Å². The summed E-state index contributed by atoms with van der Waals surface area (Å²) in [5.74, 6) is 6.28. The molecule has 1 N–H and O–H groups in total. The number of aryl methyl sites for hydroxylation is 1. The summed E-state index contributed by atoms with van der Waals surface area (Å²) in [7, 11) is 0. The first kappa shape index (κ1) is 44.0. The lowest BCUT2D eigenvalue weighted by atomic mass is 9.98. The molecule has 3 aromatic carbocycles. The largest absolute Gasteiger partial charge is 0.493 e. The predicted octanol–water partition coefficient (Wildman–Crippen LogP) is 11.0. The van der Waals surface area contributed by atoms with Crippen LogP contribution in [0.2, 0.25) is 5.02 Å². The minimum atomic E-state index is -0.835. The van der Waals surface area contributed by atoms with Crippen molar-refractivity contribution in [3.05, 3.63) is 144 Å². The molecule has 0 unspecified atom stereocenters. The minimum Gasteiger partial charge on any atom is -0.493 e. The monoisotopic (exact) mass is 873 g/mol. The molecule has 15 heteroatoms. The Hall–Kier alpha value is -7.06. The number of carbonyl (C=O) groups is 2. The van der Waals surface area contributed by atoms with Gasteiger partial charge in [-0.25, -0.2) is 24.5 Å². The first-order valence-corrected chi connectivity index (χ1v) is 21.1. The molecule has 63 heavy (non-hydrogen) atoms. The van der Waals surface area contributed by atoms with E-state index in [0.29, 0.717) is 96.9 Å². The molecule has 14 nitrogen and oxygen atoms in total. The topological polar surface area (TPSA) is 155 Å². The predicted molar refractivity (Wildman–Crippen MR) is 236 cm³/mol. The summed E-state index contributed by atoms with van der Waals surface area (Å²) in [5, 5.41) is 9.49. The van der Waals surface area contributed by atoms with Crippen LogP contribution in [0.1, 0.15) is 31.2 Å². The third kappa shape index (κ3) is 14.0. The lowest BCUT2D eigenvalue weighted by molar-refractivity contribution is 0.111. The Morgan fingerprint density at radius 1 is 0.571 bits per heavy atom. The van der Waals surface area contributed by atoms with E-state index in [0.717, 1.165) is 42.7 Å². The van der Waals surface area contributed by atoms with Crippen molar-refractivity contribution >= 4 is 23.8 Å². The van der Waals surface area contributed by atoms with E-state index in [1.165, 1.54) is 11.1 Å². The fourth-order valence-electron chi connectivity index (χ4n) is 6.66. The molecular formula is C48H48ClN5O9. The molecular weight excluding hydrogens is 826 g/mol. The fourth-order valence-corrected chi connectivity index (χ4v) is 6.77. The summed E-state index contributed by atoms with van der Waals surface area (Å²) < 4.78 is 34.4. The second kappa shape index (κ2) is 22.2. The zero-order valence-corrected chi connectivity index (χ0v) is 35.5. The summed E-state index contributed by atoms with van der Waals surface area (Å²) in [4.78, 5) is 39.2. The quantitative estimate of drug-likeness (QED) is 0.117. The van der Waals surface area contributed by atoms with Crippen LogP contribution >= 0.6 is 11.6 Å². The molecule has 0 aliphatic carbocycles. The Morgan fingerprint density at radius 2 is 1.03 bits per heavy atom. The molecule has 2 amide bonds. The van der Waals surface area contributed by atoms with E-state index < -0.39 is 6.09 Å². The SMILES string of the molecule is Cc1ccc(Oc2ccc(OCC3CCN(C(=O)O)CC3)cc2)nc1.O=C(Oc1ccc(Oc2ccc(Cl)cn2)cc1)N1CCC(COc2ccc(Oc3ccccn3)cc2)CC1. The van der Waals surface area contributed by atoms with Gasteiger partial charge in [-0.05, 0) is 135 Å². The van der Waals surface area contributed by atoms with E-state index in [1.807, 2.05) is 79.7 Å². The van der Waals surface area contributed by atoms with Crippen LogP contribution in [0.4, 0.5) is 9.59 Å². The van der Waals surface area contributed by atoms with Gasteiger partial charge in [0, 0.05) is 63.0 Å². The van der Waals surface area contributed by atoms with Crippen LogP contribution in [0.3, 0.4) is 0 Å². The van der Waals surface area contributed by atoms with Gasteiger partial charge in [0.05, 0.1) is 18.2 Å². The number of halogens is 1. The molecule has 0 spiro atoms. The normalized spacial score (nSPS) is 14.1. The summed E-state index contributed by atoms with van der Waals surface area (Å²) >= 11 is 5.84. The maximum atomic E-state index is 12.6. The van der Waals surface area contributed by atoms with Gasteiger partial charge >= 0.3 is 12.2 Å². The maximum absolute atomic E-state index is 12.6. The van der Waals surface area contributed by atoms with Crippen molar-refractivity contribution in [3.63, 3.8) is 0 Å². The van der Waals surface area contributed by atoms with Gasteiger partial charge in [-0.15, -0.1) is 0 Å². The van der Waals surface area contributed by atoms with E-state index in [9.17, 15) is 9.59 Å². The standard InChI is InChI=1S/C29H26ClN3O5.C19H22N2O4/c30-22-4-13-28(32-19-22)37-25-9-11-26(12-10-25)38-29(34)33-17-14-21(15-18-33)20-35-23-5-7-24(8-6-23)36-27-3-1-2-16-31-27;1-14-2-7-18(20-12-14)25-17-5-3-16(4-6-17)24-13-15-8-10-21(11-9-15)19(22)23/h1-13,16,19,21H,14-15,17-18,20H2;2-7,12,15H,8-11,13H2,1H3,(H,22,23). The fraction of sp³-hybridized carbons (Fsp3) is 0.271. The summed E-state index contributed by atoms with van der Waals surface area (Å²) in [5.41, 5.74) is 1.09. The Kier molecular flexibility index (Phi) is 15.5. The number of carboxylic acid groups (broad SMARTS) is 1. The third-order valence-electron chi connectivity index (χ3n) is 10.3. The molecule has 6 aromatic rings. The molecule has 0 atom stereocenters. The summed E-state index contributed by atoms with van der Waals surface area (Å²) in [6.07, 6.45) is 7.14. The number of amides is 2. The number of hydrogen-bond acceptors (Lipinski definition) is 11. The Labute approximate surface area is 370 Å². The highest BCUT2D eigenvalue weighted by Gasteiger charge is 2.25. The van der Waals surface area contributed by atoms with Crippen molar-refractivity contribution < 1.29 is 43.1 Å². The number of benzene rings is 3. The molecule has 2 fully saturated rings. The molecule has 0 radical (unpaired) electrons. The van der Waals surface area contributed by atoms with E-state index in [2.05, 4.69) is 15.0 Å². The van der Waals surface area contributed by atoms with Crippen LogP contribution in [0.15, 0.2) is 134 Å². The number of pyridine rings is 3. The minimum absolute atomic E-state index is 0.360. The number of carbonyl (C=O) groups excluding carboxylic acids is 1. The van der Waals surface area contributed by atoms with E-state index in [1.54, 1.807) is 59.8 Å². The number of hydrogen-bond donors (Lipinski definition) is 1. The second-order valence-electron chi connectivity index (χ2n) is 15.0. The molecule has 5 heterocycles. The van der Waals surface area contributed by atoms with Crippen molar-refractivity contribution in [2.45, 2.75) is 32.6 Å². The van der Waals surface area contributed by atoms with Crippen molar-refractivity contribution in [1.29, 1.82) is 0 Å². The van der Waals surface area contributed by atoms with Gasteiger partial charge < -0.3 is 43.3 Å². The Morgan fingerprint density at radius 3 is 1.48 bits per heavy atom. The van der Waals surface area contributed by atoms with Crippen LogP contribution in [-0.4, -0.2) is 81.4 Å². The molecule has 2 saturated heterocycles. The third-order valence-corrected chi connectivity index (χ3v) is 10.5. The number of aromatic nitrogens is 3.